The number of ether oxygens (including phenoxy) is 1. The summed E-state index contributed by atoms with van der Waals surface area (Å²) in [5.74, 6) is 0.259. The van der Waals surface area contributed by atoms with Gasteiger partial charge in [-0.3, -0.25) is 9.59 Å². The van der Waals surface area contributed by atoms with E-state index in [9.17, 15) is 9.59 Å². The number of likely N-dealkylation sites (N-methyl/N-ethyl adjacent to an activating group) is 1. The molecule has 1 aliphatic heterocycles. The Hall–Kier alpha value is -2.82. The zero-order valence-corrected chi connectivity index (χ0v) is 14.0. The molecular formula is C19H20N2O3. The first kappa shape index (κ1) is 16.1. The third kappa shape index (κ3) is 2.97. The Balaban J connectivity index is 1.69. The predicted molar refractivity (Wildman–Crippen MR) is 92.5 cm³/mol. The molecule has 0 saturated heterocycles. The van der Waals surface area contributed by atoms with E-state index in [1.54, 1.807) is 18.0 Å². The predicted octanol–water partition coefficient (Wildman–Crippen LogP) is 2.46. The van der Waals surface area contributed by atoms with Crippen molar-refractivity contribution < 1.29 is 14.3 Å². The van der Waals surface area contributed by atoms with Crippen molar-refractivity contribution in [3.63, 3.8) is 0 Å². The molecule has 1 unspecified atom stereocenters. The fourth-order valence-corrected chi connectivity index (χ4v) is 2.67. The van der Waals surface area contributed by atoms with Crippen LogP contribution in [0.15, 0.2) is 42.5 Å². The molecule has 5 heteroatoms. The van der Waals surface area contributed by atoms with Crippen molar-refractivity contribution in [1.29, 1.82) is 0 Å². The van der Waals surface area contributed by atoms with Gasteiger partial charge in [-0.05, 0) is 49.2 Å². The molecule has 24 heavy (non-hydrogen) atoms. The Morgan fingerprint density at radius 1 is 1.17 bits per heavy atom. The molecule has 1 aliphatic rings. The molecule has 2 amide bonds. The van der Waals surface area contributed by atoms with Crippen molar-refractivity contribution in [1.82, 2.24) is 5.32 Å². The molecular weight excluding hydrogens is 304 g/mol. The number of rotatable bonds is 3. The number of hydrogen-bond acceptors (Lipinski definition) is 3. The lowest BCUT2D eigenvalue weighted by Crippen LogP contribution is -2.49. The van der Waals surface area contributed by atoms with Gasteiger partial charge in [0, 0.05) is 12.6 Å². The van der Waals surface area contributed by atoms with Crippen molar-refractivity contribution in [2.24, 2.45) is 0 Å². The van der Waals surface area contributed by atoms with E-state index in [1.165, 1.54) is 0 Å². The Morgan fingerprint density at radius 3 is 2.67 bits per heavy atom. The molecule has 0 bridgehead atoms. The smallest absolute Gasteiger partial charge is 0.269 e. The normalized spacial score (nSPS) is 16.4. The lowest BCUT2D eigenvalue weighted by atomic mass is 10.1. The number of benzene rings is 2. The molecule has 124 valence electrons. The minimum atomic E-state index is -0.722. The number of nitrogens with zero attached hydrogens (tertiary/aromatic N) is 1. The van der Waals surface area contributed by atoms with Crippen LogP contribution in [0.4, 0.5) is 5.69 Å². The summed E-state index contributed by atoms with van der Waals surface area (Å²) in [4.78, 5) is 26.2. The summed E-state index contributed by atoms with van der Waals surface area (Å²) in [5.41, 5.74) is 3.51. The van der Waals surface area contributed by atoms with Gasteiger partial charge < -0.3 is 15.0 Å². The first-order valence-electron chi connectivity index (χ1n) is 7.86. The molecule has 0 saturated carbocycles. The van der Waals surface area contributed by atoms with E-state index < -0.39 is 6.10 Å². The highest BCUT2D eigenvalue weighted by Crippen LogP contribution is 2.32. The van der Waals surface area contributed by atoms with E-state index in [0.29, 0.717) is 11.3 Å². The third-order valence-electron chi connectivity index (χ3n) is 4.32. The van der Waals surface area contributed by atoms with Crippen molar-refractivity contribution in [2.45, 2.75) is 20.0 Å². The minimum absolute atomic E-state index is 0.128. The Labute approximate surface area is 141 Å². The molecule has 0 radical (unpaired) electrons. The Kier molecular flexibility index (Phi) is 4.25. The van der Waals surface area contributed by atoms with E-state index in [0.717, 1.165) is 16.8 Å². The molecule has 0 spiro atoms. The highest BCUT2D eigenvalue weighted by Gasteiger charge is 2.32. The Morgan fingerprint density at radius 2 is 1.92 bits per heavy atom. The van der Waals surface area contributed by atoms with E-state index in [2.05, 4.69) is 5.32 Å². The van der Waals surface area contributed by atoms with Crippen LogP contribution >= 0.6 is 0 Å². The first-order valence-corrected chi connectivity index (χ1v) is 7.86. The van der Waals surface area contributed by atoms with E-state index >= 15 is 0 Å². The van der Waals surface area contributed by atoms with Crippen LogP contribution in [0.25, 0.3) is 0 Å². The quantitative estimate of drug-likeness (QED) is 0.943. The molecule has 1 heterocycles. The number of hydrogen-bond donors (Lipinski definition) is 1. The largest absolute Gasteiger partial charge is 0.477 e. The molecule has 0 aromatic heterocycles. The monoisotopic (exact) mass is 324 g/mol. The van der Waals surface area contributed by atoms with Crippen molar-refractivity contribution in [3.8, 4) is 5.75 Å². The summed E-state index contributed by atoms with van der Waals surface area (Å²) in [6.07, 6.45) is -0.722. The molecule has 5 nitrogen and oxygen atoms in total. The maximum Gasteiger partial charge on any atom is 0.269 e. The lowest BCUT2D eigenvalue weighted by Gasteiger charge is -2.31. The van der Waals surface area contributed by atoms with Gasteiger partial charge in [-0.25, -0.2) is 0 Å². The molecule has 1 atom stereocenters. The number of carbonyl (C=O) groups is 2. The highest BCUT2D eigenvalue weighted by atomic mass is 16.5. The van der Waals surface area contributed by atoms with Gasteiger partial charge in [0.25, 0.3) is 11.8 Å². The van der Waals surface area contributed by atoms with Crippen LogP contribution in [-0.4, -0.2) is 31.5 Å². The van der Waals surface area contributed by atoms with Crippen molar-refractivity contribution in [2.75, 3.05) is 18.5 Å². The lowest BCUT2D eigenvalue weighted by molar-refractivity contribution is -0.125. The second kappa shape index (κ2) is 6.35. The summed E-state index contributed by atoms with van der Waals surface area (Å²) in [6, 6.07) is 12.9. The summed E-state index contributed by atoms with van der Waals surface area (Å²) in [7, 11) is 1.71. The van der Waals surface area contributed by atoms with Gasteiger partial charge in [0.05, 0.1) is 12.2 Å². The Bertz CT molecular complexity index is 801. The van der Waals surface area contributed by atoms with Crippen LogP contribution in [-0.2, 0) is 4.79 Å². The first-order chi connectivity index (χ1) is 11.5. The number of nitrogens with one attached hydrogen (secondary N) is 1. The fraction of sp³-hybridized carbons (Fsp3) is 0.263. The minimum Gasteiger partial charge on any atom is -0.477 e. The SMILES string of the molecule is Cc1ccc(C(=O)NCC2Oc3ccccc3N(C)C2=O)cc1C. The zero-order valence-electron chi connectivity index (χ0n) is 14.0. The number of anilines is 1. The van der Waals surface area contributed by atoms with E-state index in [-0.39, 0.29) is 18.4 Å². The van der Waals surface area contributed by atoms with Crippen LogP contribution in [0.3, 0.4) is 0 Å². The van der Waals surface area contributed by atoms with Crippen LogP contribution in [0.2, 0.25) is 0 Å². The van der Waals surface area contributed by atoms with Crippen LogP contribution in [0, 0.1) is 13.8 Å². The van der Waals surface area contributed by atoms with Gasteiger partial charge in [-0.1, -0.05) is 18.2 Å². The molecule has 0 aliphatic carbocycles. The fourth-order valence-electron chi connectivity index (χ4n) is 2.67. The van der Waals surface area contributed by atoms with Crippen LogP contribution in [0.5, 0.6) is 5.75 Å². The molecule has 3 rings (SSSR count). The van der Waals surface area contributed by atoms with Crippen molar-refractivity contribution >= 4 is 17.5 Å². The molecule has 1 N–H and O–H groups in total. The van der Waals surface area contributed by atoms with Crippen LogP contribution < -0.4 is 15.0 Å². The van der Waals surface area contributed by atoms with Gasteiger partial charge in [-0.2, -0.15) is 0 Å². The van der Waals surface area contributed by atoms with Gasteiger partial charge in [-0.15, -0.1) is 0 Å². The van der Waals surface area contributed by atoms with E-state index in [4.69, 9.17) is 4.74 Å². The summed E-state index contributed by atoms with van der Waals surface area (Å²) in [5, 5.41) is 2.79. The number of para-hydroxylation sites is 2. The highest BCUT2D eigenvalue weighted by molar-refractivity contribution is 6.00. The summed E-state index contributed by atoms with van der Waals surface area (Å²) in [6.45, 7) is 4.09. The van der Waals surface area contributed by atoms with Gasteiger partial charge in [0.2, 0.25) is 0 Å². The molecule has 2 aromatic carbocycles. The van der Waals surface area contributed by atoms with E-state index in [1.807, 2.05) is 50.2 Å². The maximum atomic E-state index is 12.4. The zero-order chi connectivity index (χ0) is 17.3. The van der Waals surface area contributed by atoms with Crippen molar-refractivity contribution in [3.05, 3.63) is 59.2 Å². The van der Waals surface area contributed by atoms with Gasteiger partial charge >= 0.3 is 0 Å². The second-order valence-electron chi connectivity index (χ2n) is 5.98. The number of fused-ring (bicyclic) bond motifs is 1. The summed E-state index contributed by atoms with van der Waals surface area (Å²) >= 11 is 0. The molecule has 2 aromatic rings. The number of carbonyl (C=O) groups excluding carboxylic acids is 2. The van der Waals surface area contributed by atoms with Gasteiger partial charge in [0.1, 0.15) is 5.75 Å². The number of amides is 2. The molecule has 0 fully saturated rings. The second-order valence-corrected chi connectivity index (χ2v) is 5.98. The summed E-state index contributed by atoms with van der Waals surface area (Å²) < 4.78 is 5.74. The average Bonchev–Trinajstić information content (AvgIpc) is 2.59. The standard InChI is InChI=1S/C19H20N2O3/c1-12-8-9-14(10-13(12)2)18(22)20-11-17-19(23)21(3)15-6-4-5-7-16(15)24-17/h4-10,17H,11H2,1-3H3,(H,20,22). The van der Waals surface area contributed by atoms with Crippen LogP contribution in [0.1, 0.15) is 21.5 Å². The maximum absolute atomic E-state index is 12.4. The topological polar surface area (TPSA) is 58.6 Å². The third-order valence-corrected chi connectivity index (χ3v) is 4.32. The van der Waals surface area contributed by atoms with Gasteiger partial charge in [0.15, 0.2) is 6.10 Å². The average molecular weight is 324 g/mol. The number of aryl methyl sites for hydroxylation is 2.